The Morgan fingerprint density at radius 2 is 2.07 bits per heavy atom. The first-order chi connectivity index (χ1) is 13.9. The van der Waals surface area contributed by atoms with Crippen molar-refractivity contribution in [2.75, 3.05) is 12.4 Å². The molecule has 0 saturated heterocycles. The molecule has 0 unspecified atom stereocenters. The lowest BCUT2D eigenvalue weighted by Crippen LogP contribution is -2.26. The van der Waals surface area contributed by atoms with Crippen LogP contribution in [0.4, 0.5) is 0 Å². The minimum Gasteiger partial charge on any atom is -0.483 e. The molecule has 0 aliphatic rings. The van der Waals surface area contributed by atoms with Gasteiger partial charge in [0.1, 0.15) is 5.75 Å². The van der Waals surface area contributed by atoms with Crippen LogP contribution in [0.3, 0.4) is 0 Å². The highest BCUT2D eigenvalue weighted by Crippen LogP contribution is 2.29. The van der Waals surface area contributed by atoms with Crippen molar-refractivity contribution in [2.24, 2.45) is 5.10 Å². The smallest absolute Gasteiger partial charge is 0.277 e. The number of hydrogen-bond donors (Lipinski definition) is 1. The number of aromatic nitrogens is 1. The number of carbonyl (C=O) groups is 1. The van der Waals surface area contributed by atoms with Crippen LogP contribution in [0.2, 0.25) is 0 Å². The fourth-order valence-corrected chi connectivity index (χ4v) is 4.51. The maximum Gasteiger partial charge on any atom is 0.277 e. The van der Waals surface area contributed by atoms with Gasteiger partial charge in [0.2, 0.25) is 0 Å². The van der Waals surface area contributed by atoms with Gasteiger partial charge in [0.25, 0.3) is 5.91 Å². The Morgan fingerprint density at radius 1 is 1.28 bits per heavy atom. The van der Waals surface area contributed by atoms with E-state index in [9.17, 15) is 4.79 Å². The Balaban J connectivity index is 1.47. The Morgan fingerprint density at radius 3 is 2.83 bits per heavy atom. The van der Waals surface area contributed by atoms with Crippen molar-refractivity contribution in [3.63, 3.8) is 0 Å². The number of fused-ring (bicyclic) bond motifs is 1. The molecule has 29 heavy (non-hydrogen) atoms. The second-order valence-electron chi connectivity index (χ2n) is 7.09. The Bertz CT molecular complexity index is 995. The van der Waals surface area contributed by atoms with Gasteiger partial charge in [0, 0.05) is 11.5 Å². The third-order valence-corrected chi connectivity index (χ3v) is 6.62. The Labute approximate surface area is 179 Å². The number of hydrazone groups is 1. The van der Waals surface area contributed by atoms with Crippen LogP contribution in [0.5, 0.6) is 5.75 Å². The molecule has 0 saturated carbocycles. The summed E-state index contributed by atoms with van der Waals surface area (Å²) in [6, 6.07) is 14.2. The summed E-state index contributed by atoms with van der Waals surface area (Å²) in [7, 11) is 0. The van der Waals surface area contributed by atoms with Crippen molar-refractivity contribution in [3.05, 3.63) is 53.6 Å². The summed E-state index contributed by atoms with van der Waals surface area (Å²) < 4.78 is 7.86. The first-order valence-electron chi connectivity index (χ1n) is 9.46. The lowest BCUT2D eigenvalue weighted by Gasteiger charge is -2.12. The zero-order valence-corrected chi connectivity index (χ0v) is 18.7. The average molecular weight is 428 g/mol. The number of nitrogens with one attached hydrogen (secondary N) is 1. The fraction of sp³-hybridized carbons (Fsp3) is 0.318. The second-order valence-corrected chi connectivity index (χ2v) is 9.34. The minimum atomic E-state index is -0.274. The van der Waals surface area contributed by atoms with Crippen molar-refractivity contribution in [1.82, 2.24) is 10.4 Å². The van der Waals surface area contributed by atoms with E-state index in [1.165, 1.54) is 10.3 Å². The molecule has 1 aromatic heterocycles. The summed E-state index contributed by atoms with van der Waals surface area (Å²) in [4.78, 5) is 16.7. The van der Waals surface area contributed by atoms with Crippen molar-refractivity contribution in [2.45, 2.75) is 38.0 Å². The topological polar surface area (TPSA) is 63.6 Å². The van der Waals surface area contributed by atoms with Crippen LogP contribution in [0, 0.1) is 6.92 Å². The number of rotatable bonds is 8. The van der Waals surface area contributed by atoms with E-state index < -0.39 is 0 Å². The minimum absolute atomic E-state index is 0.0653. The van der Waals surface area contributed by atoms with Crippen LogP contribution in [0.25, 0.3) is 10.2 Å². The first kappa shape index (κ1) is 21.3. The van der Waals surface area contributed by atoms with E-state index >= 15 is 0 Å². The third-order valence-electron chi connectivity index (χ3n) is 4.29. The summed E-state index contributed by atoms with van der Waals surface area (Å²) in [6.07, 6.45) is 0. The highest BCUT2D eigenvalue weighted by Gasteiger charge is 2.08. The monoisotopic (exact) mass is 427 g/mol. The molecular weight excluding hydrogens is 402 g/mol. The van der Waals surface area contributed by atoms with Crippen molar-refractivity contribution in [1.29, 1.82) is 0 Å². The van der Waals surface area contributed by atoms with Gasteiger partial charge in [-0.15, -0.1) is 11.3 Å². The van der Waals surface area contributed by atoms with Gasteiger partial charge in [-0.3, -0.25) is 4.79 Å². The Hall–Kier alpha value is -2.38. The molecule has 3 aromatic rings. The zero-order chi connectivity index (χ0) is 20.8. The number of nitrogens with zero attached hydrogens (tertiary/aromatic N) is 2. The van der Waals surface area contributed by atoms with E-state index in [-0.39, 0.29) is 12.5 Å². The lowest BCUT2D eigenvalue weighted by atomic mass is 10.0. The molecule has 0 spiro atoms. The van der Waals surface area contributed by atoms with Crippen LogP contribution >= 0.6 is 23.1 Å². The predicted octanol–water partition coefficient (Wildman–Crippen LogP) is 5.39. The molecule has 0 radical (unpaired) electrons. The lowest BCUT2D eigenvalue weighted by molar-refractivity contribution is -0.123. The molecule has 5 nitrogen and oxygen atoms in total. The number of benzene rings is 2. The highest BCUT2D eigenvalue weighted by atomic mass is 32.2. The summed E-state index contributed by atoms with van der Waals surface area (Å²) in [5, 5.41) is 4.17. The van der Waals surface area contributed by atoms with E-state index in [0.717, 1.165) is 26.9 Å². The molecule has 0 bridgehead atoms. The third kappa shape index (κ3) is 6.05. The van der Waals surface area contributed by atoms with Gasteiger partial charge in [0.05, 0.1) is 10.2 Å². The van der Waals surface area contributed by atoms with Crippen LogP contribution in [-0.4, -0.2) is 29.0 Å². The number of thioether (sulfide) groups is 1. The largest absolute Gasteiger partial charge is 0.483 e. The summed E-state index contributed by atoms with van der Waals surface area (Å²) in [5.74, 6) is 1.53. The summed E-state index contributed by atoms with van der Waals surface area (Å²) >= 11 is 3.28. The maximum atomic E-state index is 12.1. The van der Waals surface area contributed by atoms with E-state index in [2.05, 4.69) is 41.5 Å². The molecule has 7 heteroatoms. The van der Waals surface area contributed by atoms with Crippen LogP contribution in [0.15, 0.2) is 51.9 Å². The SMILES string of the molecule is C/C(CSc1nc2ccccc2s1)=N/NC(=O)COc1cc(C(C)C)ccc1C. The molecule has 0 aliphatic heterocycles. The van der Waals surface area contributed by atoms with E-state index in [1.807, 2.05) is 44.2 Å². The Kier molecular flexibility index (Phi) is 7.28. The van der Waals surface area contributed by atoms with Gasteiger partial charge in [-0.25, -0.2) is 10.4 Å². The highest BCUT2D eigenvalue weighted by molar-refractivity contribution is 8.01. The number of amides is 1. The number of carbonyl (C=O) groups excluding carboxylic acids is 1. The van der Waals surface area contributed by atoms with Gasteiger partial charge in [-0.2, -0.15) is 5.10 Å². The van der Waals surface area contributed by atoms with E-state index in [0.29, 0.717) is 11.7 Å². The molecular formula is C22H25N3O2S2. The van der Waals surface area contributed by atoms with Crippen molar-refractivity contribution >= 4 is 44.9 Å². The van der Waals surface area contributed by atoms with Gasteiger partial charge in [-0.1, -0.05) is 49.9 Å². The van der Waals surface area contributed by atoms with Gasteiger partial charge < -0.3 is 4.74 Å². The number of hydrogen-bond acceptors (Lipinski definition) is 6. The molecule has 0 aliphatic carbocycles. The van der Waals surface area contributed by atoms with Crippen LogP contribution in [0.1, 0.15) is 37.8 Å². The maximum absolute atomic E-state index is 12.1. The van der Waals surface area contributed by atoms with Gasteiger partial charge in [-0.05, 0) is 49.1 Å². The molecule has 2 aromatic carbocycles. The van der Waals surface area contributed by atoms with Gasteiger partial charge >= 0.3 is 0 Å². The normalized spacial score (nSPS) is 11.8. The first-order valence-corrected chi connectivity index (χ1v) is 11.3. The molecule has 0 atom stereocenters. The van der Waals surface area contributed by atoms with Gasteiger partial charge in [0.15, 0.2) is 10.9 Å². The van der Waals surface area contributed by atoms with E-state index in [1.54, 1.807) is 23.1 Å². The number of para-hydroxylation sites is 1. The van der Waals surface area contributed by atoms with Crippen LogP contribution in [-0.2, 0) is 4.79 Å². The molecule has 152 valence electrons. The van der Waals surface area contributed by atoms with Crippen LogP contribution < -0.4 is 10.2 Å². The average Bonchev–Trinajstić information content (AvgIpc) is 3.13. The second kappa shape index (κ2) is 9.89. The quantitative estimate of drug-likeness (QED) is 0.297. The molecule has 0 fully saturated rings. The van der Waals surface area contributed by atoms with E-state index in [4.69, 9.17) is 4.74 Å². The molecule has 1 amide bonds. The summed E-state index contributed by atoms with van der Waals surface area (Å²) in [5.41, 5.74) is 6.59. The van der Waals surface area contributed by atoms with Crippen molar-refractivity contribution in [3.8, 4) is 5.75 Å². The zero-order valence-electron chi connectivity index (χ0n) is 17.1. The van der Waals surface area contributed by atoms with Crippen molar-refractivity contribution < 1.29 is 9.53 Å². The number of thiazole rings is 1. The predicted molar refractivity (Wildman–Crippen MR) is 122 cm³/mol. The fourth-order valence-electron chi connectivity index (χ4n) is 2.58. The molecule has 1 heterocycles. The summed E-state index contributed by atoms with van der Waals surface area (Å²) in [6.45, 7) is 8.05. The molecule has 3 rings (SSSR count). The number of aryl methyl sites for hydroxylation is 1. The number of ether oxygens (including phenoxy) is 1. The standard InChI is InChI=1S/C22H25N3O2S2/c1-14(2)17-10-9-15(3)19(11-17)27-12-21(26)25-24-16(4)13-28-22-23-18-7-5-6-8-20(18)29-22/h5-11,14H,12-13H2,1-4H3,(H,25,26)/b24-16-. The molecule has 1 N–H and O–H groups in total.